The summed E-state index contributed by atoms with van der Waals surface area (Å²) in [7, 11) is 0. The Labute approximate surface area is 180 Å². The quantitative estimate of drug-likeness (QED) is 0.393. The number of aromatic nitrogens is 6. The van der Waals surface area contributed by atoms with Crippen molar-refractivity contribution in [1.82, 2.24) is 30.1 Å². The Morgan fingerprint density at radius 3 is 2.56 bits per heavy atom. The summed E-state index contributed by atoms with van der Waals surface area (Å²) in [4.78, 5) is 16.2. The number of fused-ring (bicyclic) bond motifs is 2. The molecule has 154 valence electrons. The highest BCUT2D eigenvalue weighted by Gasteiger charge is 2.18. The third-order valence-corrected chi connectivity index (χ3v) is 5.40. The number of hydrogen-bond donors (Lipinski definition) is 2. The average Bonchev–Trinajstić information content (AvgIpc) is 3.43. The Hall–Kier alpha value is -4.46. The average molecular weight is 424 g/mol. The number of hydrogen-bond acceptors (Lipinski definition) is 4. The molecule has 32 heavy (non-hydrogen) atoms. The summed E-state index contributed by atoms with van der Waals surface area (Å²) in [5.74, 6) is -0.266. The van der Waals surface area contributed by atoms with E-state index >= 15 is 0 Å². The topological polar surface area (TPSA) is 83.1 Å². The molecular formula is C24H14F2N6. The standard InChI is InChI=1S/C24H14F2N6/c25-18-6-2-1-5-14(18)15-7-9-28-23-21(15)29-24(30-23)22-17-10-16(13-4-3-8-27-12-13)19(26)11-20(17)31-32-22/h1-12H,(H,31,32)(H,28,29,30). The number of aromatic amines is 2. The summed E-state index contributed by atoms with van der Waals surface area (Å²) in [6.45, 7) is 0. The molecule has 0 bridgehead atoms. The van der Waals surface area contributed by atoms with Crippen molar-refractivity contribution in [1.29, 1.82) is 0 Å². The van der Waals surface area contributed by atoms with Gasteiger partial charge in [0.1, 0.15) is 17.3 Å². The minimum absolute atomic E-state index is 0.335. The number of nitrogens with one attached hydrogen (secondary N) is 2. The first-order valence-corrected chi connectivity index (χ1v) is 9.87. The van der Waals surface area contributed by atoms with E-state index < -0.39 is 0 Å². The maximum Gasteiger partial charge on any atom is 0.178 e. The van der Waals surface area contributed by atoms with E-state index in [4.69, 9.17) is 0 Å². The third-order valence-electron chi connectivity index (χ3n) is 5.40. The molecule has 0 spiro atoms. The van der Waals surface area contributed by atoms with E-state index in [9.17, 15) is 8.78 Å². The Bertz CT molecular complexity index is 1600. The highest BCUT2D eigenvalue weighted by molar-refractivity contribution is 5.97. The molecule has 2 N–H and O–H groups in total. The van der Waals surface area contributed by atoms with Crippen molar-refractivity contribution < 1.29 is 8.78 Å². The lowest BCUT2D eigenvalue weighted by Gasteiger charge is -2.04. The van der Waals surface area contributed by atoms with Crippen molar-refractivity contribution in [2.24, 2.45) is 0 Å². The van der Waals surface area contributed by atoms with Gasteiger partial charge in [-0.15, -0.1) is 0 Å². The van der Waals surface area contributed by atoms with Crippen LogP contribution < -0.4 is 0 Å². The van der Waals surface area contributed by atoms with E-state index in [2.05, 4.69) is 30.1 Å². The molecule has 8 heteroatoms. The molecule has 0 aliphatic heterocycles. The second kappa shape index (κ2) is 7.05. The maximum absolute atomic E-state index is 14.7. The van der Waals surface area contributed by atoms with Crippen LogP contribution in [0.5, 0.6) is 0 Å². The van der Waals surface area contributed by atoms with E-state index in [-0.39, 0.29) is 11.6 Å². The zero-order valence-corrected chi connectivity index (χ0v) is 16.5. The molecule has 0 amide bonds. The smallest absolute Gasteiger partial charge is 0.178 e. The van der Waals surface area contributed by atoms with Gasteiger partial charge in [-0.3, -0.25) is 10.1 Å². The first-order valence-electron chi connectivity index (χ1n) is 9.87. The van der Waals surface area contributed by atoms with Crippen LogP contribution in [0.25, 0.3) is 55.8 Å². The Morgan fingerprint density at radius 2 is 1.72 bits per heavy atom. The van der Waals surface area contributed by atoms with Crippen LogP contribution in [0.15, 0.2) is 73.2 Å². The van der Waals surface area contributed by atoms with Crippen LogP contribution in [0.2, 0.25) is 0 Å². The molecular weight excluding hydrogens is 410 g/mol. The number of nitrogens with zero attached hydrogens (tertiary/aromatic N) is 4. The van der Waals surface area contributed by atoms with Gasteiger partial charge < -0.3 is 4.98 Å². The van der Waals surface area contributed by atoms with Gasteiger partial charge in [0.25, 0.3) is 0 Å². The molecule has 0 aliphatic carbocycles. The van der Waals surface area contributed by atoms with Crippen molar-refractivity contribution >= 4 is 22.1 Å². The monoisotopic (exact) mass is 424 g/mol. The van der Waals surface area contributed by atoms with E-state index in [1.54, 1.807) is 61.1 Å². The fourth-order valence-electron chi connectivity index (χ4n) is 3.89. The number of benzene rings is 2. The summed E-state index contributed by atoms with van der Waals surface area (Å²) in [5, 5.41) is 7.91. The largest absolute Gasteiger partial charge is 0.335 e. The third kappa shape index (κ3) is 2.84. The first-order chi connectivity index (χ1) is 15.7. The molecule has 0 fully saturated rings. The molecule has 2 aromatic carbocycles. The molecule has 6 nitrogen and oxygen atoms in total. The van der Waals surface area contributed by atoms with Crippen molar-refractivity contribution in [2.45, 2.75) is 0 Å². The molecule has 6 aromatic rings. The highest BCUT2D eigenvalue weighted by atomic mass is 19.1. The van der Waals surface area contributed by atoms with Gasteiger partial charge >= 0.3 is 0 Å². The van der Waals surface area contributed by atoms with Crippen LogP contribution in [0, 0.1) is 11.6 Å². The van der Waals surface area contributed by atoms with Crippen LogP contribution in [-0.2, 0) is 0 Å². The number of rotatable bonds is 3. The summed E-state index contributed by atoms with van der Waals surface area (Å²) in [6, 6.07) is 14.9. The normalized spacial score (nSPS) is 11.4. The molecule has 0 radical (unpaired) electrons. The molecule has 4 aromatic heterocycles. The highest BCUT2D eigenvalue weighted by Crippen LogP contribution is 2.34. The molecule has 6 rings (SSSR count). The number of halogens is 2. The van der Waals surface area contributed by atoms with Gasteiger partial charge in [-0.2, -0.15) is 5.10 Å². The lowest BCUT2D eigenvalue weighted by molar-refractivity contribution is 0.631. The maximum atomic E-state index is 14.7. The molecule has 4 heterocycles. The Morgan fingerprint density at radius 1 is 0.812 bits per heavy atom. The summed E-state index contributed by atoms with van der Waals surface area (Å²) in [5.41, 5.74) is 4.25. The number of pyridine rings is 2. The molecule has 0 saturated heterocycles. The van der Waals surface area contributed by atoms with Crippen LogP contribution in [0.3, 0.4) is 0 Å². The number of imidazole rings is 1. The van der Waals surface area contributed by atoms with E-state index in [0.717, 1.165) is 0 Å². The number of H-pyrrole nitrogens is 2. The molecule has 0 atom stereocenters. The lowest BCUT2D eigenvalue weighted by atomic mass is 10.0. The molecule has 0 aliphatic rings. The van der Waals surface area contributed by atoms with Crippen molar-refractivity contribution in [2.75, 3.05) is 0 Å². The fraction of sp³-hybridized carbons (Fsp3) is 0. The summed E-state index contributed by atoms with van der Waals surface area (Å²) < 4.78 is 29.1. The van der Waals surface area contributed by atoms with Crippen LogP contribution in [-0.4, -0.2) is 30.1 Å². The van der Waals surface area contributed by atoms with Crippen molar-refractivity contribution in [3.8, 4) is 33.8 Å². The van der Waals surface area contributed by atoms with Gasteiger partial charge in [-0.1, -0.05) is 24.3 Å². The molecule has 0 saturated carbocycles. The zero-order chi connectivity index (χ0) is 21.7. The van der Waals surface area contributed by atoms with E-state index in [1.807, 2.05) is 0 Å². The van der Waals surface area contributed by atoms with E-state index in [1.165, 1.54) is 12.1 Å². The minimum atomic E-state index is -0.381. The molecule has 0 unspecified atom stereocenters. The van der Waals surface area contributed by atoms with Gasteiger partial charge in [-0.25, -0.2) is 18.7 Å². The van der Waals surface area contributed by atoms with Crippen molar-refractivity contribution in [3.63, 3.8) is 0 Å². The zero-order valence-electron chi connectivity index (χ0n) is 16.5. The Kier molecular flexibility index (Phi) is 4.04. The van der Waals surface area contributed by atoms with Crippen LogP contribution in [0.4, 0.5) is 8.78 Å². The van der Waals surface area contributed by atoms with Gasteiger partial charge in [0, 0.05) is 52.3 Å². The second-order valence-corrected chi connectivity index (χ2v) is 7.31. The summed E-state index contributed by atoms with van der Waals surface area (Å²) >= 11 is 0. The lowest BCUT2D eigenvalue weighted by Crippen LogP contribution is -1.87. The SMILES string of the molecule is Fc1cc2[nH]nc(-c3nc4nccc(-c5ccccc5F)c4[nH]3)c2cc1-c1cccnc1. The second-order valence-electron chi connectivity index (χ2n) is 7.31. The minimum Gasteiger partial charge on any atom is -0.335 e. The van der Waals surface area contributed by atoms with E-state index in [0.29, 0.717) is 55.8 Å². The van der Waals surface area contributed by atoms with Crippen LogP contribution >= 0.6 is 0 Å². The van der Waals surface area contributed by atoms with Crippen molar-refractivity contribution in [3.05, 3.63) is 84.8 Å². The van der Waals surface area contributed by atoms with Gasteiger partial charge in [0.15, 0.2) is 11.5 Å². The predicted octanol–water partition coefficient (Wildman–Crippen LogP) is 5.51. The Balaban J connectivity index is 1.55. The summed E-state index contributed by atoms with van der Waals surface area (Å²) in [6.07, 6.45) is 4.83. The van der Waals surface area contributed by atoms with Crippen LogP contribution in [0.1, 0.15) is 0 Å². The van der Waals surface area contributed by atoms with Gasteiger partial charge in [0.2, 0.25) is 0 Å². The van der Waals surface area contributed by atoms with Gasteiger partial charge in [0.05, 0.1) is 11.0 Å². The fourth-order valence-corrected chi connectivity index (χ4v) is 3.89. The van der Waals surface area contributed by atoms with Gasteiger partial charge in [-0.05, 0) is 24.3 Å². The predicted molar refractivity (Wildman–Crippen MR) is 118 cm³/mol. The first kappa shape index (κ1) is 18.3.